The molecule has 1 N–H and O–H groups in total. The SMILES string of the molecule is CNC(=O)c1ccc(Cl)[n+]([O-])c1Cl. The maximum Gasteiger partial charge on any atom is 0.300 e. The average molecular weight is 221 g/mol. The maximum absolute atomic E-state index is 11.1. The third-order valence-corrected chi connectivity index (χ3v) is 2.09. The van der Waals surface area contributed by atoms with Crippen molar-refractivity contribution >= 4 is 29.1 Å². The lowest BCUT2D eigenvalue weighted by Crippen LogP contribution is -2.32. The lowest BCUT2D eigenvalue weighted by molar-refractivity contribution is -0.600. The zero-order valence-electron chi connectivity index (χ0n) is 6.67. The molecule has 1 amide bonds. The number of hydrogen-bond donors (Lipinski definition) is 1. The Bertz CT molecular complexity index is 355. The van der Waals surface area contributed by atoms with Crippen molar-refractivity contribution in [1.29, 1.82) is 0 Å². The van der Waals surface area contributed by atoms with E-state index in [1.54, 1.807) is 0 Å². The number of amides is 1. The molecule has 0 bridgehead atoms. The van der Waals surface area contributed by atoms with E-state index in [0.717, 1.165) is 0 Å². The predicted molar refractivity (Wildman–Crippen MR) is 48.8 cm³/mol. The molecule has 0 aliphatic carbocycles. The summed E-state index contributed by atoms with van der Waals surface area (Å²) in [5.74, 6) is -0.425. The molecular formula is C7H6Cl2N2O2. The van der Waals surface area contributed by atoms with Crippen molar-refractivity contribution in [2.45, 2.75) is 0 Å². The smallest absolute Gasteiger partial charge is 0.300 e. The zero-order chi connectivity index (χ0) is 10.0. The maximum atomic E-state index is 11.1. The van der Waals surface area contributed by atoms with E-state index in [0.29, 0.717) is 0 Å². The third kappa shape index (κ3) is 1.84. The number of halogens is 2. The first-order valence-electron chi connectivity index (χ1n) is 3.37. The van der Waals surface area contributed by atoms with Gasteiger partial charge in [-0.1, -0.05) is 0 Å². The predicted octanol–water partition coefficient (Wildman–Crippen LogP) is 0.986. The van der Waals surface area contributed by atoms with Crippen LogP contribution in [-0.4, -0.2) is 13.0 Å². The fourth-order valence-electron chi connectivity index (χ4n) is 0.796. The topological polar surface area (TPSA) is 56.0 Å². The molecule has 0 saturated heterocycles. The van der Waals surface area contributed by atoms with Crippen molar-refractivity contribution in [2.75, 3.05) is 7.05 Å². The Balaban J connectivity index is 3.26. The van der Waals surface area contributed by atoms with E-state index in [9.17, 15) is 10.0 Å². The number of pyridine rings is 1. The van der Waals surface area contributed by atoms with Gasteiger partial charge in [-0.3, -0.25) is 4.79 Å². The van der Waals surface area contributed by atoms with Gasteiger partial charge in [0.25, 0.3) is 16.2 Å². The summed E-state index contributed by atoms with van der Waals surface area (Å²) in [6, 6.07) is 2.70. The molecule has 1 heterocycles. The minimum atomic E-state index is -0.425. The van der Waals surface area contributed by atoms with Crippen molar-refractivity contribution in [3.8, 4) is 0 Å². The molecule has 6 heteroatoms. The van der Waals surface area contributed by atoms with E-state index in [1.165, 1.54) is 19.2 Å². The Morgan fingerprint density at radius 2 is 2.15 bits per heavy atom. The standard InChI is InChI=1S/C7H6Cl2N2O2/c1-10-7(12)4-2-3-5(8)11(13)6(4)9/h2-3H,1H3,(H,10,12). The summed E-state index contributed by atoms with van der Waals surface area (Å²) < 4.78 is 0.285. The van der Waals surface area contributed by atoms with Gasteiger partial charge < -0.3 is 10.5 Å². The Labute approximate surface area is 84.7 Å². The molecule has 0 aromatic carbocycles. The van der Waals surface area contributed by atoms with Crippen molar-refractivity contribution in [1.82, 2.24) is 5.32 Å². The lowest BCUT2D eigenvalue weighted by atomic mass is 10.3. The zero-order valence-corrected chi connectivity index (χ0v) is 8.19. The molecule has 1 aromatic heterocycles. The summed E-state index contributed by atoms with van der Waals surface area (Å²) in [6.45, 7) is 0. The number of carbonyl (C=O) groups excluding carboxylic acids is 1. The van der Waals surface area contributed by atoms with Crippen LogP contribution < -0.4 is 10.0 Å². The molecule has 0 saturated carbocycles. The van der Waals surface area contributed by atoms with Gasteiger partial charge in [0, 0.05) is 13.1 Å². The summed E-state index contributed by atoms with van der Waals surface area (Å²) in [7, 11) is 1.45. The Morgan fingerprint density at radius 3 is 2.69 bits per heavy atom. The molecule has 1 rings (SSSR count). The minimum absolute atomic E-state index is 0.0716. The second-order valence-electron chi connectivity index (χ2n) is 2.23. The minimum Gasteiger partial charge on any atom is -0.617 e. The van der Waals surface area contributed by atoms with Crippen LogP contribution in [0.1, 0.15) is 10.4 Å². The molecule has 0 aliphatic heterocycles. The summed E-state index contributed by atoms with van der Waals surface area (Å²) >= 11 is 11.0. The second kappa shape index (κ2) is 3.81. The highest BCUT2D eigenvalue weighted by Gasteiger charge is 2.18. The molecule has 0 fully saturated rings. The van der Waals surface area contributed by atoms with Crippen LogP contribution in [0.3, 0.4) is 0 Å². The van der Waals surface area contributed by atoms with E-state index in [1.807, 2.05) is 0 Å². The van der Waals surface area contributed by atoms with E-state index in [4.69, 9.17) is 23.2 Å². The number of nitrogens with zero attached hydrogens (tertiary/aromatic N) is 1. The van der Waals surface area contributed by atoms with Gasteiger partial charge in [0.05, 0.1) is 0 Å². The fraction of sp³-hybridized carbons (Fsp3) is 0.143. The quantitative estimate of drug-likeness (QED) is 0.436. The molecule has 0 unspecified atom stereocenters. The van der Waals surface area contributed by atoms with Gasteiger partial charge in [0.1, 0.15) is 5.56 Å². The Morgan fingerprint density at radius 1 is 1.54 bits per heavy atom. The van der Waals surface area contributed by atoms with E-state index in [2.05, 4.69) is 5.32 Å². The number of hydrogen-bond acceptors (Lipinski definition) is 2. The number of aromatic nitrogens is 1. The summed E-state index contributed by atoms with van der Waals surface area (Å²) in [4.78, 5) is 11.1. The highest BCUT2D eigenvalue weighted by Crippen LogP contribution is 2.13. The van der Waals surface area contributed by atoms with Gasteiger partial charge in [0.2, 0.25) is 0 Å². The summed E-state index contributed by atoms with van der Waals surface area (Å²) in [6.07, 6.45) is 0. The average Bonchev–Trinajstić information content (AvgIpc) is 2.13. The number of rotatable bonds is 1. The summed E-state index contributed by atoms with van der Waals surface area (Å²) in [5.41, 5.74) is 0.101. The van der Waals surface area contributed by atoms with Crippen molar-refractivity contribution in [3.63, 3.8) is 0 Å². The van der Waals surface area contributed by atoms with Crippen LogP contribution in [-0.2, 0) is 0 Å². The van der Waals surface area contributed by atoms with Crippen molar-refractivity contribution < 1.29 is 9.52 Å². The van der Waals surface area contributed by atoms with E-state index in [-0.39, 0.29) is 20.6 Å². The van der Waals surface area contributed by atoms with Crippen LogP contribution in [0.15, 0.2) is 12.1 Å². The lowest BCUT2D eigenvalue weighted by Gasteiger charge is -2.04. The Kier molecular flexibility index (Phi) is 2.95. The second-order valence-corrected chi connectivity index (χ2v) is 2.98. The third-order valence-electron chi connectivity index (χ3n) is 1.45. The molecule has 1 aromatic rings. The van der Waals surface area contributed by atoms with Crippen LogP contribution in [0, 0.1) is 5.21 Å². The van der Waals surface area contributed by atoms with Gasteiger partial charge in [-0.2, -0.15) is 0 Å². The molecule has 13 heavy (non-hydrogen) atoms. The fourth-order valence-corrected chi connectivity index (χ4v) is 1.23. The molecule has 0 spiro atoms. The Hall–Kier alpha value is -1.00. The van der Waals surface area contributed by atoms with Gasteiger partial charge in [-0.05, 0) is 29.3 Å². The van der Waals surface area contributed by atoms with E-state index >= 15 is 0 Å². The van der Waals surface area contributed by atoms with Gasteiger partial charge in [0.15, 0.2) is 0 Å². The molecule has 70 valence electrons. The van der Waals surface area contributed by atoms with Gasteiger partial charge >= 0.3 is 0 Å². The first-order chi connectivity index (χ1) is 6.07. The molecule has 4 nitrogen and oxygen atoms in total. The van der Waals surface area contributed by atoms with Crippen LogP contribution in [0.4, 0.5) is 0 Å². The summed E-state index contributed by atoms with van der Waals surface area (Å²) in [5, 5.41) is 13.1. The van der Waals surface area contributed by atoms with Crippen LogP contribution >= 0.6 is 23.2 Å². The molecule has 0 aliphatic rings. The highest BCUT2D eigenvalue weighted by molar-refractivity contribution is 6.33. The normalized spacial score (nSPS) is 9.77. The van der Waals surface area contributed by atoms with Crippen molar-refractivity contribution in [2.24, 2.45) is 0 Å². The largest absolute Gasteiger partial charge is 0.617 e. The van der Waals surface area contributed by atoms with Gasteiger partial charge in [-0.15, -0.1) is 4.73 Å². The first kappa shape index (κ1) is 10.1. The van der Waals surface area contributed by atoms with Crippen LogP contribution in [0.25, 0.3) is 0 Å². The monoisotopic (exact) mass is 220 g/mol. The first-order valence-corrected chi connectivity index (χ1v) is 4.13. The van der Waals surface area contributed by atoms with Crippen LogP contribution in [0.2, 0.25) is 10.3 Å². The van der Waals surface area contributed by atoms with Gasteiger partial charge in [-0.25, -0.2) is 0 Å². The molecular weight excluding hydrogens is 215 g/mol. The number of carbonyl (C=O) groups is 1. The van der Waals surface area contributed by atoms with Crippen LogP contribution in [0.5, 0.6) is 0 Å². The molecule has 0 radical (unpaired) electrons. The highest BCUT2D eigenvalue weighted by atomic mass is 35.5. The number of nitrogens with one attached hydrogen (secondary N) is 1. The molecule has 0 atom stereocenters. The van der Waals surface area contributed by atoms with Crippen molar-refractivity contribution in [3.05, 3.63) is 33.2 Å². The van der Waals surface area contributed by atoms with E-state index < -0.39 is 5.91 Å².